The summed E-state index contributed by atoms with van der Waals surface area (Å²) in [5.41, 5.74) is 2.13. The van der Waals surface area contributed by atoms with E-state index in [0.29, 0.717) is 5.56 Å². The van der Waals surface area contributed by atoms with Crippen LogP contribution in [0.3, 0.4) is 0 Å². The molecule has 1 aliphatic heterocycles. The van der Waals surface area contributed by atoms with Gasteiger partial charge in [0.1, 0.15) is 11.9 Å². The highest BCUT2D eigenvalue weighted by Gasteiger charge is 2.34. The van der Waals surface area contributed by atoms with Crippen molar-refractivity contribution in [3.63, 3.8) is 0 Å². The maximum atomic E-state index is 12.2. The molecule has 2 aromatic carbocycles. The lowest BCUT2D eigenvalue weighted by atomic mass is 9.90. The first kappa shape index (κ1) is 12.7. The Hall–Kier alpha value is -2.33. The lowest BCUT2D eigenvalue weighted by Gasteiger charge is -2.30. The van der Waals surface area contributed by atoms with E-state index >= 15 is 0 Å². The molecule has 0 saturated carbocycles. The summed E-state index contributed by atoms with van der Waals surface area (Å²) in [6.07, 6.45) is -1.08. The fourth-order valence-electron chi connectivity index (χ4n) is 2.46. The van der Waals surface area contributed by atoms with Gasteiger partial charge in [-0.3, -0.25) is 4.79 Å². The highest BCUT2D eigenvalue weighted by atomic mass is 16.5. The van der Waals surface area contributed by atoms with Gasteiger partial charge >= 0.3 is 0 Å². The summed E-state index contributed by atoms with van der Waals surface area (Å²) in [6.45, 7) is 0. The average Bonchev–Trinajstić information content (AvgIpc) is 2.51. The number of anilines is 1. The molecule has 2 N–H and O–H groups in total. The van der Waals surface area contributed by atoms with Crippen LogP contribution in [-0.4, -0.2) is 24.1 Å². The van der Waals surface area contributed by atoms with Gasteiger partial charge in [-0.1, -0.05) is 24.3 Å². The van der Waals surface area contributed by atoms with Crippen LogP contribution in [-0.2, 0) is 0 Å². The molecule has 20 heavy (non-hydrogen) atoms. The van der Waals surface area contributed by atoms with Crippen molar-refractivity contribution in [2.45, 2.75) is 12.1 Å². The molecule has 0 fully saturated rings. The molecule has 0 radical (unpaired) electrons. The number of hydrogen-bond donors (Lipinski definition) is 2. The van der Waals surface area contributed by atoms with Crippen molar-refractivity contribution in [3.8, 4) is 5.75 Å². The van der Waals surface area contributed by atoms with Gasteiger partial charge in [0.25, 0.3) is 0 Å². The summed E-state index contributed by atoms with van der Waals surface area (Å²) >= 11 is 0. The molecule has 102 valence electrons. The van der Waals surface area contributed by atoms with Gasteiger partial charge < -0.3 is 15.2 Å². The van der Waals surface area contributed by atoms with Crippen molar-refractivity contribution in [1.82, 2.24) is 0 Å². The molecule has 4 heteroatoms. The number of fused-ring (bicyclic) bond motifs is 1. The van der Waals surface area contributed by atoms with Crippen LogP contribution in [0, 0.1) is 0 Å². The molecular formula is C16H15NO3. The Morgan fingerprint density at radius 3 is 2.50 bits per heavy atom. The van der Waals surface area contributed by atoms with Crippen LogP contribution in [0.25, 0.3) is 0 Å². The summed E-state index contributed by atoms with van der Waals surface area (Å²) in [4.78, 5) is 12.2. The van der Waals surface area contributed by atoms with Crippen molar-refractivity contribution in [2.24, 2.45) is 0 Å². The van der Waals surface area contributed by atoms with Crippen molar-refractivity contribution < 1.29 is 14.6 Å². The molecular weight excluding hydrogens is 254 g/mol. The average molecular weight is 269 g/mol. The predicted octanol–water partition coefficient (Wildman–Crippen LogP) is 2.41. The number of benzene rings is 2. The summed E-state index contributed by atoms with van der Waals surface area (Å²) in [5, 5.41) is 13.4. The first-order chi connectivity index (χ1) is 9.70. The predicted molar refractivity (Wildman–Crippen MR) is 76.1 cm³/mol. The van der Waals surface area contributed by atoms with E-state index in [1.54, 1.807) is 19.2 Å². The molecule has 1 aliphatic rings. The van der Waals surface area contributed by atoms with Gasteiger partial charge in [-0.2, -0.15) is 0 Å². The van der Waals surface area contributed by atoms with Gasteiger partial charge in [-0.15, -0.1) is 0 Å². The van der Waals surface area contributed by atoms with Gasteiger partial charge in [0, 0.05) is 11.3 Å². The molecule has 0 aromatic heterocycles. The van der Waals surface area contributed by atoms with Crippen molar-refractivity contribution in [1.29, 1.82) is 0 Å². The van der Waals surface area contributed by atoms with E-state index in [1.807, 2.05) is 36.4 Å². The Morgan fingerprint density at radius 1 is 1.10 bits per heavy atom. The SMILES string of the molecule is COc1ccc([C@@H]2Nc3ccccc3C(=O)[C@@H]2O)cc1. The summed E-state index contributed by atoms with van der Waals surface area (Å²) in [6, 6.07) is 14.1. The number of ketones is 1. The molecule has 0 unspecified atom stereocenters. The van der Waals surface area contributed by atoms with E-state index in [2.05, 4.69) is 5.32 Å². The molecule has 2 atom stereocenters. The number of rotatable bonds is 2. The number of nitrogens with one attached hydrogen (secondary N) is 1. The zero-order valence-corrected chi connectivity index (χ0v) is 11.0. The Balaban J connectivity index is 1.97. The third-order valence-corrected chi connectivity index (χ3v) is 3.56. The van der Waals surface area contributed by atoms with Crippen LogP contribution in [0.4, 0.5) is 5.69 Å². The zero-order chi connectivity index (χ0) is 14.1. The second-order valence-corrected chi connectivity index (χ2v) is 4.75. The number of Topliss-reactive ketones (excluding diaryl/α,β-unsaturated/α-hetero) is 1. The number of ether oxygens (including phenoxy) is 1. The van der Waals surface area contributed by atoms with Crippen LogP contribution in [0.1, 0.15) is 22.0 Å². The Bertz CT molecular complexity index is 636. The number of aliphatic hydroxyl groups excluding tert-OH is 1. The smallest absolute Gasteiger partial charge is 0.195 e. The summed E-state index contributed by atoms with van der Waals surface area (Å²) in [7, 11) is 1.60. The fraction of sp³-hybridized carbons (Fsp3) is 0.188. The normalized spacial score (nSPS) is 21.0. The van der Waals surface area contributed by atoms with E-state index in [9.17, 15) is 9.90 Å². The molecule has 0 amide bonds. The minimum Gasteiger partial charge on any atom is -0.497 e. The fourth-order valence-corrected chi connectivity index (χ4v) is 2.46. The zero-order valence-electron chi connectivity index (χ0n) is 11.0. The number of carbonyl (C=O) groups excluding carboxylic acids is 1. The third kappa shape index (κ3) is 2.04. The van der Waals surface area contributed by atoms with E-state index in [4.69, 9.17) is 4.74 Å². The largest absolute Gasteiger partial charge is 0.497 e. The van der Waals surface area contributed by atoms with E-state index in [0.717, 1.165) is 17.0 Å². The molecule has 0 aliphatic carbocycles. The third-order valence-electron chi connectivity index (χ3n) is 3.56. The molecule has 0 bridgehead atoms. The lowest BCUT2D eigenvalue weighted by molar-refractivity contribution is 0.0695. The summed E-state index contributed by atoms with van der Waals surface area (Å²) < 4.78 is 5.11. The van der Waals surface area contributed by atoms with E-state index in [-0.39, 0.29) is 5.78 Å². The van der Waals surface area contributed by atoms with Crippen LogP contribution in [0.2, 0.25) is 0 Å². The minimum absolute atomic E-state index is 0.250. The van der Waals surface area contributed by atoms with Gasteiger partial charge in [0.2, 0.25) is 0 Å². The van der Waals surface area contributed by atoms with Crippen LogP contribution < -0.4 is 10.1 Å². The maximum Gasteiger partial charge on any atom is 0.195 e. The van der Waals surface area contributed by atoms with Crippen LogP contribution in [0.5, 0.6) is 5.75 Å². The number of hydrogen-bond acceptors (Lipinski definition) is 4. The number of carbonyl (C=O) groups is 1. The molecule has 4 nitrogen and oxygen atoms in total. The molecule has 1 heterocycles. The van der Waals surface area contributed by atoms with Gasteiger partial charge in [0.15, 0.2) is 5.78 Å². The molecule has 0 saturated heterocycles. The molecule has 3 rings (SSSR count). The number of methoxy groups -OCH3 is 1. The van der Waals surface area contributed by atoms with E-state index < -0.39 is 12.1 Å². The minimum atomic E-state index is -1.08. The summed E-state index contributed by atoms with van der Waals surface area (Å²) in [5.74, 6) is 0.492. The molecule has 0 spiro atoms. The standard InChI is InChI=1S/C16H15NO3/c1-20-11-8-6-10(7-9-11)14-16(19)15(18)12-4-2-3-5-13(12)17-14/h2-9,14,16-17,19H,1H3/t14-,16+/m0/s1. The van der Waals surface area contributed by atoms with Crippen LogP contribution in [0.15, 0.2) is 48.5 Å². The first-order valence-corrected chi connectivity index (χ1v) is 6.42. The lowest BCUT2D eigenvalue weighted by Crippen LogP contribution is -2.37. The second-order valence-electron chi connectivity index (χ2n) is 4.75. The maximum absolute atomic E-state index is 12.2. The molecule has 2 aromatic rings. The second kappa shape index (κ2) is 4.98. The Kier molecular flexibility index (Phi) is 3.16. The van der Waals surface area contributed by atoms with Gasteiger partial charge in [-0.05, 0) is 29.8 Å². The number of aliphatic hydroxyl groups is 1. The highest BCUT2D eigenvalue weighted by molar-refractivity contribution is 6.06. The van der Waals surface area contributed by atoms with Crippen molar-refractivity contribution in [2.75, 3.05) is 12.4 Å². The van der Waals surface area contributed by atoms with Crippen molar-refractivity contribution >= 4 is 11.5 Å². The number of para-hydroxylation sites is 1. The van der Waals surface area contributed by atoms with E-state index in [1.165, 1.54) is 0 Å². The Morgan fingerprint density at radius 2 is 1.80 bits per heavy atom. The monoisotopic (exact) mass is 269 g/mol. The van der Waals surface area contributed by atoms with Gasteiger partial charge in [-0.25, -0.2) is 0 Å². The first-order valence-electron chi connectivity index (χ1n) is 6.42. The topological polar surface area (TPSA) is 58.6 Å². The highest BCUT2D eigenvalue weighted by Crippen LogP contribution is 2.33. The quantitative estimate of drug-likeness (QED) is 0.879. The Labute approximate surface area is 117 Å². The van der Waals surface area contributed by atoms with Crippen LogP contribution >= 0.6 is 0 Å². The van der Waals surface area contributed by atoms with Gasteiger partial charge in [0.05, 0.1) is 13.2 Å². The van der Waals surface area contributed by atoms with Crippen molar-refractivity contribution in [3.05, 3.63) is 59.7 Å².